The van der Waals surface area contributed by atoms with Gasteiger partial charge in [-0.25, -0.2) is 4.98 Å². The lowest BCUT2D eigenvalue weighted by atomic mass is 10.0. The van der Waals surface area contributed by atoms with Gasteiger partial charge in [0.05, 0.1) is 5.71 Å². The largest absolute Gasteiger partial charge is 0.285 e. The number of pyridine rings is 1. The molecule has 0 aliphatic heterocycles. The summed E-state index contributed by atoms with van der Waals surface area (Å²) in [5.74, 6) is 0. The number of nitrogens with zero attached hydrogens (tertiary/aromatic N) is 2. The summed E-state index contributed by atoms with van der Waals surface area (Å²) < 4.78 is 0. The zero-order valence-electron chi connectivity index (χ0n) is 15.8. The van der Waals surface area contributed by atoms with Gasteiger partial charge in [0, 0.05) is 12.7 Å². The first-order valence-electron chi connectivity index (χ1n) is 8.91. The van der Waals surface area contributed by atoms with E-state index in [2.05, 4.69) is 54.7 Å². The molecule has 0 radical (unpaired) electrons. The highest BCUT2D eigenvalue weighted by Gasteiger charge is 2.04. The molecule has 0 aliphatic carbocycles. The molecule has 1 aromatic carbocycles. The summed E-state index contributed by atoms with van der Waals surface area (Å²) in [5.41, 5.74) is 5.63. The van der Waals surface area contributed by atoms with E-state index in [9.17, 15) is 0 Å². The molecule has 0 fully saturated rings. The van der Waals surface area contributed by atoms with Gasteiger partial charge in [-0.15, -0.1) is 0 Å². The molecule has 0 spiro atoms. The number of rotatable bonds is 6. The van der Waals surface area contributed by atoms with Crippen molar-refractivity contribution < 1.29 is 0 Å². The first kappa shape index (κ1) is 21.1. The van der Waals surface area contributed by atoms with Crippen LogP contribution in [-0.4, -0.2) is 17.2 Å². The van der Waals surface area contributed by atoms with Crippen molar-refractivity contribution in [1.29, 1.82) is 0 Å². The lowest BCUT2D eigenvalue weighted by Gasteiger charge is -2.08. The predicted octanol–water partition coefficient (Wildman–Crippen LogP) is 6.32. The fourth-order valence-electron chi connectivity index (χ4n) is 2.30. The molecule has 0 unspecified atom stereocenters. The van der Waals surface area contributed by atoms with E-state index in [1.807, 2.05) is 32.2 Å². The molecule has 0 amide bonds. The van der Waals surface area contributed by atoms with E-state index in [0.29, 0.717) is 5.15 Å². The van der Waals surface area contributed by atoms with Crippen LogP contribution in [0.2, 0.25) is 5.15 Å². The number of benzene rings is 1. The van der Waals surface area contributed by atoms with E-state index in [-0.39, 0.29) is 0 Å². The summed E-state index contributed by atoms with van der Waals surface area (Å²) in [6.45, 7) is 13.1. The molecular weight excluding hydrogens is 328 g/mol. The average Bonchev–Trinajstić information content (AvgIpc) is 2.60. The zero-order valence-corrected chi connectivity index (χ0v) is 16.6. The van der Waals surface area contributed by atoms with Crippen LogP contribution in [0.1, 0.15) is 50.8 Å². The molecule has 2 rings (SSSR count). The summed E-state index contributed by atoms with van der Waals surface area (Å²) in [6, 6.07) is 12.4. The van der Waals surface area contributed by atoms with Crippen LogP contribution in [-0.2, 0) is 12.8 Å². The molecule has 2 nitrogen and oxygen atoms in total. The Labute approximate surface area is 157 Å². The zero-order chi connectivity index (χ0) is 18.7. The maximum Gasteiger partial charge on any atom is 0.129 e. The first-order chi connectivity index (χ1) is 12.0. The lowest BCUT2D eigenvalue weighted by Crippen LogP contribution is -2.03. The van der Waals surface area contributed by atoms with Crippen molar-refractivity contribution in [2.24, 2.45) is 4.99 Å². The van der Waals surface area contributed by atoms with Gasteiger partial charge in [-0.3, -0.25) is 4.99 Å². The van der Waals surface area contributed by atoms with Crippen LogP contribution in [0.3, 0.4) is 0 Å². The quantitative estimate of drug-likeness (QED) is 0.439. The molecule has 0 N–H and O–H groups in total. The van der Waals surface area contributed by atoms with E-state index in [1.54, 1.807) is 0 Å². The molecule has 0 saturated heterocycles. The summed E-state index contributed by atoms with van der Waals surface area (Å²) in [4.78, 5) is 8.63. The van der Waals surface area contributed by atoms with E-state index in [4.69, 9.17) is 11.6 Å². The van der Waals surface area contributed by atoms with Crippen molar-refractivity contribution in [2.75, 3.05) is 6.54 Å². The van der Waals surface area contributed by atoms with Crippen LogP contribution in [0.4, 0.5) is 0 Å². The fraction of sp³-hybridized carbons (Fsp3) is 0.364. The number of hydrogen-bond acceptors (Lipinski definition) is 2. The number of aryl methyl sites for hydroxylation is 2. The highest BCUT2D eigenvalue weighted by atomic mass is 35.5. The molecule has 1 heterocycles. The second kappa shape index (κ2) is 11.6. The van der Waals surface area contributed by atoms with Gasteiger partial charge in [-0.2, -0.15) is 0 Å². The smallest absolute Gasteiger partial charge is 0.129 e. The molecule has 2 aromatic rings. The van der Waals surface area contributed by atoms with Crippen molar-refractivity contribution in [3.05, 3.63) is 76.6 Å². The van der Waals surface area contributed by atoms with Gasteiger partial charge in [0.1, 0.15) is 5.15 Å². The van der Waals surface area contributed by atoms with Crippen LogP contribution in [0, 0.1) is 0 Å². The minimum absolute atomic E-state index is 0.538. The molecule has 1 aromatic heterocycles. The molecule has 134 valence electrons. The molecule has 0 aliphatic rings. The van der Waals surface area contributed by atoms with E-state index >= 15 is 0 Å². The van der Waals surface area contributed by atoms with Crippen molar-refractivity contribution in [3.8, 4) is 0 Å². The minimum Gasteiger partial charge on any atom is -0.285 e. The highest BCUT2D eigenvalue weighted by Crippen LogP contribution is 2.13. The van der Waals surface area contributed by atoms with Gasteiger partial charge in [-0.1, -0.05) is 68.8 Å². The van der Waals surface area contributed by atoms with E-state index < -0.39 is 0 Å². The number of aromatic nitrogens is 1. The number of hydrogen-bond donors (Lipinski definition) is 0. The minimum atomic E-state index is 0.538. The van der Waals surface area contributed by atoms with Gasteiger partial charge in [0.25, 0.3) is 0 Å². The number of halogens is 1. The maximum atomic E-state index is 5.80. The summed E-state index contributed by atoms with van der Waals surface area (Å²) in [7, 11) is 0. The fourth-order valence-corrected chi connectivity index (χ4v) is 2.41. The normalized spacial score (nSPS) is 10.8. The second-order valence-electron chi connectivity index (χ2n) is 6.00. The third-order valence-corrected chi connectivity index (χ3v) is 3.66. The third-order valence-electron chi connectivity index (χ3n) is 3.44. The Hall–Kier alpha value is -1.93. The van der Waals surface area contributed by atoms with Crippen LogP contribution in [0.5, 0.6) is 0 Å². The molecular formula is C22H29ClN2. The molecule has 0 saturated carbocycles. The highest BCUT2D eigenvalue weighted by molar-refractivity contribution is 6.29. The summed E-state index contributed by atoms with van der Waals surface area (Å²) >= 11 is 5.80. The predicted molar refractivity (Wildman–Crippen MR) is 111 cm³/mol. The Morgan fingerprint density at radius 1 is 1.00 bits per heavy atom. The van der Waals surface area contributed by atoms with Crippen molar-refractivity contribution in [1.82, 2.24) is 4.98 Å². The van der Waals surface area contributed by atoms with Gasteiger partial charge in [-0.05, 0) is 55.0 Å². The van der Waals surface area contributed by atoms with E-state index in [0.717, 1.165) is 36.2 Å². The Morgan fingerprint density at radius 3 is 2.04 bits per heavy atom. The Bertz CT molecular complexity index is 670. The topological polar surface area (TPSA) is 25.2 Å². The van der Waals surface area contributed by atoms with Crippen LogP contribution in [0.15, 0.2) is 59.7 Å². The first-order valence-corrected chi connectivity index (χ1v) is 9.29. The Balaban J connectivity index is 0.000000970. The SMILES string of the molecule is C=C(C)C(=NCC)c1ccc(CCc2ccc(Cl)nc2)cc1.CCC. The van der Waals surface area contributed by atoms with Gasteiger partial charge < -0.3 is 0 Å². The number of aliphatic imine (C=N–C) groups is 1. The van der Waals surface area contributed by atoms with Gasteiger partial charge in [0.2, 0.25) is 0 Å². The monoisotopic (exact) mass is 356 g/mol. The van der Waals surface area contributed by atoms with Crippen molar-refractivity contribution in [2.45, 2.75) is 47.0 Å². The molecule has 3 heteroatoms. The maximum absolute atomic E-state index is 5.80. The van der Waals surface area contributed by atoms with Crippen molar-refractivity contribution >= 4 is 17.3 Å². The van der Waals surface area contributed by atoms with Crippen LogP contribution in [0.25, 0.3) is 0 Å². The van der Waals surface area contributed by atoms with Crippen LogP contribution < -0.4 is 0 Å². The average molecular weight is 357 g/mol. The number of allylic oxidation sites excluding steroid dienone is 1. The summed E-state index contributed by atoms with van der Waals surface area (Å²) in [5, 5.41) is 0.538. The van der Waals surface area contributed by atoms with Crippen LogP contribution >= 0.6 is 11.6 Å². The molecule has 25 heavy (non-hydrogen) atoms. The van der Waals surface area contributed by atoms with E-state index in [1.165, 1.54) is 17.5 Å². The third kappa shape index (κ3) is 7.66. The molecule has 0 bridgehead atoms. The second-order valence-corrected chi connectivity index (χ2v) is 6.38. The standard InChI is InChI=1S/C19H21ClN2.C3H8/c1-4-21-19(14(2)3)17-10-7-15(8-11-17)5-6-16-9-12-18(20)22-13-16;1-3-2/h7-13H,2,4-6H2,1,3H3;3H2,1-2H3. The lowest BCUT2D eigenvalue weighted by molar-refractivity contribution is 0.950. The Kier molecular flexibility index (Phi) is 9.79. The molecule has 0 atom stereocenters. The van der Waals surface area contributed by atoms with Crippen molar-refractivity contribution in [3.63, 3.8) is 0 Å². The van der Waals surface area contributed by atoms with Gasteiger partial charge in [0.15, 0.2) is 0 Å². The summed E-state index contributed by atoms with van der Waals surface area (Å²) in [6.07, 6.45) is 5.03. The van der Waals surface area contributed by atoms with Gasteiger partial charge >= 0.3 is 0 Å². The Morgan fingerprint density at radius 2 is 1.56 bits per heavy atom.